The molecule has 3 nitrogen and oxygen atoms in total. The summed E-state index contributed by atoms with van der Waals surface area (Å²) in [6.07, 6.45) is 0. The maximum Gasteiger partial charge on any atom is 0.0718 e. The number of hydrogen-bond donors (Lipinski definition) is 2. The summed E-state index contributed by atoms with van der Waals surface area (Å²) in [5.41, 5.74) is -0.597. The summed E-state index contributed by atoms with van der Waals surface area (Å²) >= 11 is 0. The number of hydrogen-bond acceptors (Lipinski definition) is 3. The molecule has 1 rings (SSSR count). The highest BCUT2D eigenvalue weighted by molar-refractivity contribution is 4.83. The number of β-amino-alcohol motifs (C(OH)–C–C–N with tert-alkyl or cyclic N) is 1. The lowest BCUT2D eigenvalue weighted by molar-refractivity contribution is -0.0208. The summed E-state index contributed by atoms with van der Waals surface area (Å²) in [5.74, 6) is 0.442. The molecule has 0 atom stereocenters. The Bertz CT molecular complexity index is 125. The molecule has 1 aliphatic heterocycles. The predicted octanol–water partition coefficient (Wildman–Crippen LogP) is -0.319. The molecule has 0 aromatic heterocycles. The minimum absolute atomic E-state index is 0.280. The van der Waals surface area contributed by atoms with Gasteiger partial charge in [-0.2, -0.15) is 0 Å². The van der Waals surface area contributed by atoms with Crippen LogP contribution in [0.15, 0.2) is 0 Å². The van der Waals surface area contributed by atoms with Crippen molar-refractivity contribution in [2.45, 2.75) is 19.4 Å². The molecule has 0 radical (unpaired) electrons. The van der Waals surface area contributed by atoms with Gasteiger partial charge in [-0.1, -0.05) is 0 Å². The number of likely N-dealkylation sites (tertiary alicyclic amines) is 1. The van der Waals surface area contributed by atoms with Crippen LogP contribution in [0.2, 0.25) is 0 Å². The van der Waals surface area contributed by atoms with E-state index in [2.05, 4.69) is 4.90 Å². The van der Waals surface area contributed by atoms with Gasteiger partial charge in [0.25, 0.3) is 0 Å². The molecule has 11 heavy (non-hydrogen) atoms. The van der Waals surface area contributed by atoms with Crippen LogP contribution in [0, 0.1) is 5.92 Å². The molecule has 0 saturated carbocycles. The first-order valence-electron chi connectivity index (χ1n) is 4.07. The molecule has 0 aromatic carbocycles. The normalized spacial score (nSPS) is 21.8. The number of aliphatic hydroxyl groups is 2. The fourth-order valence-corrected chi connectivity index (χ4v) is 1.47. The average molecular weight is 159 g/mol. The lowest BCUT2D eigenvalue weighted by Crippen LogP contribution is -2.53. The second kappa shape index (κ2) is 3.09. The zero-order valence-electron chi connectivity index (χ0n) is 7.25. The highest BCUT2D eigenvalue weighted by atomic mass is 16.3. The van der Waals surface area contributed by atoms with Gasteiger partial charge in [0, 0.05) is 32.2 Å². The number of nitrogens with zero attached hydrogens (tertiary/aromatic N) is 1. The van der Waals surface area contributed by atoms with Gasteiger partial charge in [-0.25, -0.2) is 0 Å². The highest BCUT2D eigenvalue weighted by Gasteiger charge is 2.29. The van der Waals surface area contributed by atoms with E-state index in [9.17, 15) is 5.11 Å². The Morgan fingerprint density at radius 1 is 1.45 bits per heavy atom. The minimum Gasteiger partial charge on any atom is -0.396 e. The van der Waals surface area contributed by atoms with Crippen LogP contribution in [-0.2, 0) is 0 Å². The van der Waals surface area contributed by atoms with Crippen LogP contribution in [0.1, 0.15) is 13.8 Å². The molecular weight excluding hydrogens is 142 g/mol. The maximum absolute atomic E-state index is 9.41. The third kappa shape index (κ3) is 2.77. The van der Waals surface area contributed by atoms with E-state index < -0.39 is 5.60 Å². The van der Waals surface area contributed by atoms with E-state index in [-0.39, 0.29) is 6.61 Å². The summed E-state index contributed by atoms with van der Waals surface area (Å²) in [6.45, 7) is 6.46. The van der Waals surface area contributed by atoms with Crippen LogP contribution in [-0.4, -0.2) is 47.0 Å². The SMILES string of the molecule is CC(C)(O)CN1CC(CO)C1. The van der Waals surface area contributed by atoms with Crippen LogP contribution < -0.4 is 0 Å². The molecule has 0 amide bonds. The summed E-state index contributed by atoms with van der Waals surface area (Å²) < 4.78 is 0. The standard InChI is InChI=1S/C8H17NO2/c1-8(2,11)6-9-3-7(4-9)5-10/h7,10-11H,3-6H2,1-2H3. The average Bonchev–Trinajstić information content (AvgIpc) is 1.75. The van der Waals surface area contributed by atoms with Crippen molar-refractivity contribution in [3.8, 4) is 0 Å². The van der Waals surface area contributed by atoms with Gasteiger partial charge in [-0.3, -0.25) is 4.90 Å². The van der Waals surface area contributed by atoms with Gasteiger partial charge in [-0.05, 0) is 13.8 Å². The topological polar surface area (TPSA) is 43.7 Å². The second-order valence-corrected chi connectivity index (χ2v) is 4.06. The molecule has 2 N–H and O–H groups in total. The van der Waals surface area contributed by atoms with Crippen LogP contribution in [0.25, 0.3) is 0 Å². The van der Waals surface area contributed by atoms with Crippen molar-refractivity contribution in [2.75, 3.05) is 26.2 Å². The number of aliphatic hydroxyl groups excluding tert-OH is 1. The largest absolute Gasteiger partial charge is 0.396 e. The molecule has 1 aliphatic rings. The fraction of sp³-hybridized carbons (Fsp3) is 1.00. The van der Waals surface area contributed by atoms with Gasteiger partial charge in [0.2, 0.25) is 0 Å². The van der Waals surface area contributed by atoms with Crippen LogP contribution in [0.5, 0.6) is 0 Å². The van der Waals surface area contributed by atoms with Crippen molar-refractivity contribution < 1.29 is 10.2 Å². The monoisotopic (exact) mass is 159 g/mol. The molecule has 0 bridgehead atoms. The van der Waals surface area contributed by atoms with Gasteiger partial charge in [0.05, 0.1) is 5.60 Å². The third-order valence-electron chi connectivity index (χ3n) is 1.90. The lowest BCUT2D eigenvalue weighted by atomic mass is 9.98. The van der Waals surface area contributed by atoms with Gasteiger partial charge in [0.15, 0.2) is 0 Å². The quantitative estimate of drug-likeness (QED) is 0.593. The summed E-state index contributed by atoms with van der Waals surface area (Å²) in [4.78, 5) is 2.15. The Balaban J connectivity index is 2.14. The summed E-state index contributed by atoms with van der Waals surface area (Å²) in [5, 5.41) is 18.1. The fourth-order valence-electron chi connectivity index (χ4n) is 1.47. The smallest absolute Gasteiger partial charge is 0.0718 e. The highest BCUT2D eigenvalue weighted by Crippen LogP contribution is 2.17. The summed E-state index contributed by atoms with van der Waals surface area (Å²) in [7, 11) is 0. The maximum atomic E-state index is 9.41. The van der Waals surface area contributed by atoms with E-state index >= 15 is 0 Å². The van der Waals surface area contributed by atoms with Gasteiger partial charge < -0.3 is 10.2 Å². The zero-order valence-corrected chi connectivity index (χ0v) is 7.25. The van der Waals surface area contributed by atoms with Crippen LogP contribution in [0.4, 0.5) is 0 Å². The third-order valence-corrected chi connectivity index (χ3v) is 1.90. The van der Waals surface area contributed by atoms with E-state index in [1.54, 1.807) is 13.8 Å². The molecule has 1 heterocycles. The Morgan fingerprint density at radius 2 is 2.00 bits per heavy atom. The first-order valence-corrected chi connectivity index (χ1v) is 4.07. The van der Waals surface area contributed by atoms with E-state index in [0.29, 0.717) is 12.5 Å². The lowest BCUT2D eigenvalue weighted by Gasteiger charge is -2.41. The first kappa shape index (κ1) is 8.97. The van der Waals surface area contributed by atoms with E-state index in [0.717, 1.165) is 13.1 Å². The Labute approximate surface area is 67.6 Å². The molecule has 0 unspecified atom stereocenters. The predicted molar refractivity (Wildman–Crippen MR) is 43.3 cm³/mol. The van der Waals surface area contributed by atoms with Crippen LogP contribution in [0.3, 0.4) is 0 Å². The van der Waals surface area contributed by atoms with Gasteiger partial charge in [0.1, 0.15) is 0 Å². The second-order valence-electron chi connectivity index (χ2n) is 4.06. The Morgan fingerprint density at radius 3 is 2.36 bits per heavy atom. The Kier molecular flexibility index (Phi) is 2.52. The van der Waals surface area contributed by atoms with Crippen molar-refractivity contribution in [2.24, 2.45) is 5.92 Å². The first-order chi connectivity index (χ1) is 5.01. The Hall–Kier alpha value is -0.120. The minimum atomic E-state index is -0.597. The molecule has 1 saturated heterocycles. The molecule has 0 spiro atoms. The van der Waals surface area contributed by atoms with E-state index in [1.165, 1.54) is 0 Å². The van der Waals surface area contributed by atoms with Crippen molar-refractivity contribution in [1.29, 1.82) is 0 Å². The molecule has 0 aromatic rings. The molecule has 0 aliphatic carbocycles. The van der Waals surface area contributed by atoms with Gasteiger partial charge >= 0.3 is 0 Å². The van der Waals surface area contributed by atoms with E-state index in [4.69, 9.17) is 5.11 Å². The van der Waals surface area contributed by atoms with E-state index in [1.807, 2.05) is 0 Å². The number of rotatable bonds is 3. The van der Waals surface area contributed by atoms with Crippen LogP contribution >= 0.6 is 0 Å². The van der Waals surface area contributed by atoms with Crippen molar-refractivity contribution >= 4 is 0 Å². The van der Waals surface area contributed by atoms with Crippen molar-refractivity contribution in [3.63, 3.8) is 0 Å². The molecular formula is C8H17NO2. The molecule has 66 valence electrons. The van der Waals surface area contributed by atoms with Crippen molar-refractivity contribution in [1.82, 2.24) is 4.90 Å². The molecule has 1 fully saturated rings. The summed E-state index contributed by atoms with van der Waals surface area (Å²) in [6, 6.07) is 0. The molecule has 3 heteroatoms. The zero-order chi connectivity index (χ0) is 8.48. The van der Waals surface area contributed by atoms with Gasteiger partial charge in [-0.15, -0.1) is 0 Å². The van der Waals surface area contributed by atoms with Crippen molar-refractivity contribution in [3.05, 3.63) is 0 Å².